The highest BCUT2D eigenvalue weighted by Gasteiger charge is 2.41. The summed E-state index contributed by atoms with van der Waals surface area (Å²) in [6.07, 6.45) is 1.28. The van der Waals surface area contributed by atoms with Crippen LogP contribution in [-0.4, -0.2) is 26.0 Å². The van der Waals surface area contributed by atoms with Crippen LogP contribution in [0.1, 0.15) is 43.9 Å². The van der Waals surface area contributed by atoms with E-state index in [-0.39, 0.29) is 17.2 Å². The van der Waals surface area contributed by atoms with Gasteiger partial charge in [-0.05, 0) is 57.7 Å². The maximum absolute atomic E-state index is 13.1. The zero-order chi connectivity index (χ0) is 21.6. The van der Waals surface area contributed by atoms with E-state index in [1.807, 2.05) is 48.5 Å². The van der Waals surface area contributed by atoms with E-state index < -0.39 is 0 Å². The van der Waals surface area contributed by atoms with Crippen LogP contribution in [0.3, 0.4) is 0 Å². The average molecular weight is 436 g/mol. The van der Waals surface area contributed by atoms with Crippen LogP contribution in [0.5, 0.6) is 5.75 Å². The van der Waals surface area contributed by atoms with Crippen LogP contribution in [0.2, 0.25) is 5.02 Å². The zero-order valence-corrected chi connectivity index (χ0v) is 18.1. The quantitative estimate of drug-likeness (QED) is 0.646. The van der Waals surface area contributed by atoms with Crippen LogP contribution in [0.4, 0.5) is 5.95 Å². The summed E-state index contributed by atoms with van der Waals surface area (Å²) in [5.74, 6) is 1.43. The molecule has 2 aromatic carbocycles. The highest BCUT2D eigenvalue weighted by atomic mass is 35.5. The number of hydrogen-bond donors (Lipinski definition) is 1. The number of fused-ring (bicyclic) bond motifs is 1. The summed E-state index contributed by atoms with van der Waals surface area (Å²) in [6, 6.07) is 15.0. The lowest BCUT2D eigenvalue weighted by Gasteiger charge is -2.37. The topological polar surface area (TPSA) is 81.9 Å². The van der Waals surface area contributed by atoms with Gasteiger partial charge in [-0.3, -0.25) is 4.79 Å². The molecule has 1 N–H and O–H groups in total. The molecule has 0 amide bonds. The molecule has 1 atom stereocenters. The number of benzene rings is 2. The minimum Gasteiger partial charge on any atom is -0.489 e. The Hall–Kier alpha value is -3.19. The van der Waals surface area contributed by atoms with Crippen LogP contribution in [0.15, 0.2) is 59.8 Å². The van der Waals surface area contributed by atoms with E-state index in [4.69, 9.17) is 16.3 Å². The van der Waals surface area contributed by atoms with Crippen molar-refractivity contribution in [2.75, 3.05) is 5.32 Å². The Morgan fingerprint density at radius 2 is 1.87 bits per heavy atom. The van der Waals surface area contributed by atoms with Gasteiger partial charge in [-0.15, -0.1) is 0 Å². The minimum atomic E-state index is -0.352. The number of nitrogens with one attached hydrogen (secondary N) is 1. The van der Waals surface area contributed by atoms with Crippen LogP contribution < -0.4 is 10.1 Å². The van der Waals surface area contributed by atoms with Gasteiger partial charge in [0.1, 0.15) is 18.4 Å². The fourth-order valence-electron chi connectivity index (χ4n) is 4.27. The fraction of sp³-hybridized carbons (Fsp3) is 0.304. The first-order valence-electron chi connectivity index (χ1n) is 10.2. The van der Waals surface area contributed by atoms with Crippen molar-refractivity contribution in [2.24, 2.45) is 5.41 Å². The van der Waals surface area contributed by atoms with E-state index in [1.54, 1.807) is 4.68 Å². The zero-order valence-electron chi connectivity index (χ0n) is 17.3. The number of rotatable bonds is 4. The first-order valence-corrected chi connectivity index (χ1v) is 10.6. The molecule has 158 valence electrons. The van der Waals surface area contributed by atoms with Crippen molar-refractivity contribution in [1.29, 1.82) is 0 Å². The van der Waals surface area contributed by atoms with Gasteiger partial charge in [-0.1, -0.05) is 54.8 Å². The third-order valence-corrected chi connectivity index (χ3v) is 5.96. The molecule has 0 fully saturated rings. The molecular weight excluding hydrogens is 414 g/mol. The lowest BCUT2D eigenvalue weighted by Crippen LogP contribution is -2.36. The molecule has 0 saturated carbocycles. The normalized spacial score (nSPS) is 19.5. The number of ketones is 1. The molecule has 0 spiro atoms. The number of allylic oxidation sites excluding steroid dienone is 2. The Morgan fingerprint density at radius 1 is 1.13 bits per heavy atom. The first-order chi connectivity index (χ1) is 14.9. The van der Waals surface area contributed by atoms with E-state index in [2.05, 4.69) is 34.7 Å². The molecule has 0 saturated heterocycles. The molecular formula is C23H22ClN5O2. The molecule has 0 radical (unpaired) electrons. The van der Waals surface area contributed by atoms with E-state index in [9.17, 15) is 4.79 Å². The maximum Gasteiger partial charge on any atom is 0.248 e. The number of ether oxygens (including phenoxy) is 1. The minimum absolute atomic E-state index is 0.0948. The highest BCUT2D eigenvalue weighted by Crippen LogP contribution is 2.45. The summed E-state index contributed by atoms with van der Waals surface area (Å²) < 4.78 is 7.58. The summed E-state index contributed by atoms with van der Waals surface area (Å²) in [4.78, 5) is 13.1. The van der Waals surface area contributed by atoms with Crippen molar-refractivity contribution < 1.29 is 9.53 Å². The molecule has 31 heavy (non-hydrogen) atoms. The number of aromatic nitrogens is 4. The number of carbonyl (C=O) groups is 1. The molecule has 1 aliphatic heterocycles. The molecule has 2 heterocycles. The van der Waals surface area contributed by atoms with Crippen LogP contribution in [0.25, 0.3) is 0 Å². The summed E-state index contributed by atoms with van der Waals surface area (Å²) >= 11 is 5.93. The van der Waals surface area contributed by atoms with E-state index in [0.717, 1.165) is 34.6 Å². The van der Waals surface area contributed by atoms with Gasteiger partial charge in [0.05, 0.1) is 0 Å². The van der Waals surface area contributed by atoms with Gasteiger partial charge in [0.15, 0.2) is 5.78 Å². The summed E-state index contributed by atoms with van der Waals surface area (Å²) in [7, 11) is 0. The Labute approximate surface area is 185 Å². The molecule has 3 aromatic rings. The van der Waals surface area contributed by atoms with Crippen LogP contribution in [0, 0.1) is 5.41 Å². The predicted octanol–water partition coefficient (Wildman–Crippen LogP) is 4.56. The number of carbonyl (C=O) groups excluding carboxylic acids is 1. The van der Waals surface area contributed by atoms with Gasteiger partial charge < -0.3 is 10.1 Å². The number of Topliss-reactive ketones (excluding diaryl/α,β-unsaturated/α-hetero) is 1. The Morgan fingerprint density at radius 3 is 2.61 bits per heavy atom. The Balaban J connectivity index is 1.42. The summed E-state index contributed by atoms with van der Waals surface area (Å²) in [6.45, 7) is 4.66. The van der Waals surface area contributed by atoms with Crippen molar-refractivity contribution in [1.82, 2.24) is 20.2 Å². The Kier molecular flexibility index (Phi) is 4.78. The van der Waals surface area contributed by atoms with Gasteiger partial charge in [0, 0.05) is 22.7 Å². The highest BCUT2D eigenvalue weighted by molar-refractivity contribution is 6.30. The second-order valence-corrected chi connectivity index (χ2v) is 9.23. The van der Waals surface area contributed by atoms with Gasteiger partial charge in [0.2, 0.25) is 5.95 Å². The van der Waals surface area contributed by atoms with E-state index >= 15 is 0 Å². The lowest BCUT2D eigenvalue weighted by atomic mass is 9.73. The molecule has 8 heteroatoms. The van der Waals surface area contributed by atoms with Gasteiger partial charge in [0.25, 0.3) is 0 Å². The van der Waals surface area contributed by atoms with E-state index in [0.29, 0.717) is 24.0 Å². The van der Waals surface area contributed by atoms with Gasteiger partial charge >= 0.3 is 0 Å². The molecule has 1 aromatic heterocycles. The van der Waals surface area contributed by atoms with Crippen molar-refractivity contribution in [2.45, 2.75) is 39.3 Å². The number of anilines is 1. The van der Waals surface area contributed by atoms with Crippen LogP contribution in [-0.2, 0) is 11.4 Å². The molecule has 7 nitrogen and oxygen atoms in total. The Bertz CT molecular complexity index is 1170. The van der Waals surface area contributed by atoms with Gasteiger partial charge in [-0.25, -0.2) is 0 Å². The first kappa shape index (κ1) is 19.8. The molecule has 2 aliphatic rings. The third kappa shape index (κ3) is 3.81. The van der Waals surface area contributed by atoms with Gasteiger partial charge in [-0.2, -0.15) is 4.68 Å². The number of nitrogens with zero attached hydrogens (tertiary/aromatic N) is 4. The largest absolute Gasteiger partial charge is 0.489 e. The summed E-state index contributed by atoms with van der Waals surface area (Å²) in [5, 5.41) is 16.0. The summed E-state index contributed by atoms with van der Waals surface area (Å²) in [5.41, 5.74) is 3.54. The lowest BCUT2D eigenvalue weighted by molar-refractivity contribution is -0.118. The van der Waals surface area contributed by atoms with Crippen molar-refractivity contribution >= 4 is 23.3 Å². The molecule has 5 rings (SSSR count). The third-order valence-electron chi connectivity index (χ3n) is 5.71. The monoisotopic (exact) mass is 435 g/mol. The smallest absolute Gasteiger partial charge is 0.248 e. The SMILES string of the molecule is CC1(C)CC(=O)C2=C(C1)Nc1nnnn1[C@@H]2c1ccc(OCc2ccc(Cl)cc2)cc1. The van der Waals surface area contributed by atoms with E-state index in [1.165, 1.54) is 0 Å². The predicted molar refractivity (Wildman–Crippen MR) is 117 cm³/mol. The number of hydrogen-bond acceptors (Lipinski definition) is 6. The number of halogens is 1. The second kappa shape index (κ2) is 7.50. The average Bonchev–Trinajstić information content (AvgIpc) is 3.19. The van der Waals surface area contributed by atoms with Crippen molar-refractivity contribution in [3.8, 4) is 5.75 Å². The maximum atomic E-state index is 13.1. The molecule has 0 unspecified atom stereocenters. The van der Waals surface area contributed by atoms with Crippen LogP contribution >= 0.6 is 11.6 Å². The fourth-order valence-corrected chi connectivity index (χ4v) is 4.40. The van der Waals surface area contributed by atoms with Crippen molar-refractivity contribution in [3.63, 3.8) is 0 Å². The van der Waals surface area contributed by atoms with Crippen molar-refractivity contribution in [3.05, 3.63) is 76.0 Å². The molecule has 0 bridgehead atoms. The standard InChI is InChI=1S/C23H22ClN5O2/c1-23(2)11-18-20(19(30)12-23)21(29-22(25-18)26-27-28-29)15-5-9-17(10-6-15)31-13-14-3-7-16(24)8-4-14/h3-10,21H,11-13H2,1-2H3,(H,25,26,28)/t21-/m1/s1. The second-order valence-electron chi connectivity index (χ2n) is 8.79. The molecule has 1 aliphatic carbocycles. The number of tetrazole rings is 1.